The number of hydrogen-bond acceptors (Lipinski definition) is 3. The maximum absolute atomic E-state index is 6.42. The number of aromatic nitrogens is 1. The lowest BCUT2D eigenvalue weighted by atomic mass is 9.69. The molecule has 2 aliphatic carbocycles. The highest BCUT2D eigenvalue weighted by Crippen LogP contribution is 2.42. The maximum Gasteiger partial charge on any atom is 0.228 e. The van der Waals surface area contributed by atoms with Crippen LogP contribution in [0.5, 0.6) is 5.88 Å². The molecule has 1 aromatic rings. The van der Waals surface area contributed by atoms with Gasteiger partial charge in [-0.2, -0.15) is 0 Å². The van der Waals surface area contributed by atoms with Crippen molar-refractivity contribution in [3.8, 4) is 5.88 Å². The lowest BCUT2D eigenvalue weighted by Gasteiger charge is -2.41. The van der Waals surface area contributed by atoms with Crippen molar-refractivity contribution in [2.45, 2.75) is 64.9 Å². The quantitative estimate of drug-likeness (QED) is 0.477. The van der Waals surface area contributed by atoms with Crippen molar-refractivity contribution in [3.05, 3.63) is 16.2 Å². The molecule has 3 atom stereocenters. The van der Waals surface area contributed by atoms with Gasteiger partial charge in [0.05, 0.1) is 22.2 Å². The Balaban J connectivity index is 1.74. The Kier molecular flexibility index (Phi) is 6.37. The summed E-state index contributed by atoms with van der Waals surface area (Å²) in [6.07, 6.45) is 11.5. The van der Waals surface area contributed by atoms with E-state index in [9.17, 15) is 0 Å². The van der Waals surface area contributed by atoms with Crippen LogP contribution in [0.1, 0.15) is 57.6 Å². The molecule has 3 unspecified atom stereocenters. The van der Waals surface area contributed by atoms with Gasteiger partial charge in [0.15, 0.2) is 0 Å². The largest absolute Gasteiger partial charge is 0.473 e. The molecule has 0 amide bonds. The van der Waals surface area contributed by atoms with E-state index in [4.69, 9.17) is 9.72 Å². The van der Waals surface area contributed by atoms with E-state index < -0.39 is 0 Å². The summed E-state index contributed by atoms with van der Waals surface area (Å²) in [5.74, 6) is 2.31. The van der Waals surface area contributed by atoms with Gasteiger partial charge in [-0.15, -0.1) is 0 Å². The van der Waals surface area contributed by atoms with Crippen LogP contribution in [0.4, 0.5) is 5.69 Å². The Morgan fingerprint density at radius 3 is 2.84 bits per heavy atom. The second kappa shape index (κ2) is 8.52. The van der Waals surface area contributed by atoms with Crippen LogP contribution in [0.15, 0.2) is 15.5 Å². The number of aliphatic imine (C=N–C) groups is 1. The van der Waals surface area contributed by atoms with Crippen molar-refractivity contribution < 1.29 is 4.74 Å². The van der Waals surface area contributed by atoms with Gasteiger partial charge in [0, 0.05) is 13.6 Å². The van der Waals surface area contributed by atoms with Gasteiger partial charge in [-0.05, 0) is 73.4 Å². The van der Waals surface area contributed by atoms with E-state index in [0.29, 0.717) is 12.0 Å². The Hall–Kier alpha value is -1.10. The number of ether oxygens (including phenoxy) is 1. The van der Waals surface area contributed by atoms with Gasteiger partial charge in [0.25, 0.3) is 0 Å². The van der Waals surface area contributed by atoms with Crippen molar-refractivity contribution in [2.24, 2.45) is 16.8 Å². The second-order valence-corrected chi connectivity index (χ2v) is 8.35. The lowest BCUT2D eigenvalue weighted by Crippen LogP contribution is -2.38. The standard InChI is InChI=1S/C20H30BrN3O/c1-4-24(3)13-22-18-12-17(21)20(23-14(18)2)25-19-11-7-9-15-8-5-6-10-16(15)19/h12-13,15-16,19H,4-11H2,1-3H3. The Labute approximate surface area is 160 Å². The fourth-order valence-electron chi connectivity index (χ4n) is 4.17. The molecule has 0 aliphatic heterocycles. The molecular weight excluding hydrogens is 378 g/mol. The minimum atomic E-state index is 0.322. The van der Waals surface area contributed by atoms with Gasteiger partial charge in [0.1, 0.15) is 6.10 Å². The molecule has 138 valence electrons. The molecule has 0 spiro atoms. The zero-order chi connectivity index (χ0) is 17.8. The molecule has 1 aromatic heterocycles. The van der Waals surface area contributed by atoms with Crippen LogP contribution in [-0.2, 0) is 0 Å². The summed E-state index contributed by atoms with van der Waals surface area (Å²) in [7, 11) is 2.02. The summed E-state index contributed by atoms with van der Waals surface area (Å²) in [6, 6.07) is 2.03. The first-order valence-electron chi connectivity index (χ1n) is 9.66. The molecule has 2 fully saturated rings. The van der Waals surface area contributed by atoms with Gasteiger partial charge in [-0.25, -0.2) is 9.98 Å². The minimum Gasteiger partial charge on any atom is -0.473 e. The molecule has 4 nitrogen and oxygen atoms in total. The first-order valence-corrected chi connectivity index (χ1v) is 10.5. The molecule has 3 rings (SSSR count). The summed E-state index contributed by atoms with van der Waals surface area (Å²) < 4.78 is 7.32. The molecule has 0 radical (unpaired) electrons. The first kappa shape index (κ1) is 18.7. The highest BCUT2D eigenvalue weighted by molar-refractivity contribution is 9.10. The molecule has 2 aliphatic rings. The Morgan fingerprint density at radius 2 is 2.04 bits per heavy atom. The smallest absolute Gasteiger partial charge is 0.228 e. The van der Waals surface area contributed by atoms with Gasteiger partial charge in [-0.1, -0.05) is 19.3 Å². The predicted octanol–water partition coefficient (Wildman–Crippen LogP) is 5.50. The zero-order valence-corrected chi connectivity index (χ0v) is 17.3. The number of nitrogens with zero attached hydrogens (tertiary/aromatic N) is 3. The molecule has 0 aromatic carbocycles. The van der Waals surface area contributed by atoms with Crippen molar-refractivity contribution in [2.75, 3.05) is 13.6 Å². The van der Waals surface area contributed by atoms with Crippen LogP contribution < -0.4 is 4.74 Å². The topological polar surface area (TPSA) is 37.7 Å². The normalized spacial score (nSPS) is 26.5. The van der Waals surface area contributed by atoms with Crippen LogP contribution in [0.2, 0.25) is 0 Å². The van der Waals surface area contributed by atoms with Crippen LogP contribution in [0.3, 0.4) is 0 Å². The van der Waals surface area contributed by atoms with Crippen LogP contribution in [-0.4, -0.2) is 35.9 Å². The van der Waals surface area contributed by atoms with Crippen LogP contribution in [0.25, 0.3) is 0 Å². The van der Waals surface area contributed by atoms with E-state index in [1.807, 2.05) is 31.3 Å². The van der Waals surface area contributed by atoms with Crippen LogP contribution >= 0.6 is 15.9 Å². The molecule has 0 N–H and O–H groups in total. The number of hydrogen-bond donors (Lipinski definition) is 0. The third-order valence-corrected chi connectivity index (χ3v) is 6.34. The Bertz CT molecular complexity index is 617. The maximum atomic E-state index is 6.42. The van der Waals surface area contributed by atoms with Gasteiger partial charge in [-0.3, -0.25) is 0 Å². The number of fused-ring (bicyclic) bond motifs is 1. The van der Waals surface area contributed by atoms with E-state index in [-0.39, 0.29) is 0 Å². The van der Waals surface area contributed by atoms with Gasteiger partial charge < -0.3 is 9.64 Å². The van der Waals surface area contributed by atoms with E-state index in [2.05, 4.69) is 27.8 Å². The third-order valence-electron chi connectivity index (χ3n) is 5.77. The SMILES string of the molecule is CCN(C)C=Nc1cc(Br)c(OC2CCCC3CCCCC32)nc1C. The molecule has 1 heterocycles. The van der Waals surface area contributed by atoms with E-state index >= 15 is 0 Å². The third kappa shape index (κ3) is 4.55. The monoisotopic (exact) mass is 407 g/mol. The van der Waals surface area contributed by atoms with Crippen molar-refractivity contribution in [1.29, 1.82) is 0 Å². The van der Waals surface area contributed by atoms with E-state index in [1.165, 1.54) is 38.5 Å². The van der Waals surface area contributed by atoms with Gasteiger partial charge in [0.2, 0.25) is 5.88 Å². The minimum absolute atomic E-state index is 0.322. The number of pyridine rings is 1. The predicted molar refractivity (Wildman–Crippen MR) is 107 cm³/mol. The summed E-state index contributed by atoms with van der Waals surface area (Å²) >= 11 is 3.65. The zero-order valence-electron chi connectivity index (χ0n) is 15.7. The lowest BCUT2D eigenvalue weighted by molar-refractivity contribution is 0.0243. The van der Waals surface area contributed by atoms with Crippen molar-refractivity contribution in [3.63, 3.8) is 0 Å². The Morgan fingerprint density at radius 1 is 1.28 bits per heavy atom. The molecule has 0 bridgehead atoms. The summed E-state index contributed by atoms with van der Waals surface area (Å²) in [4.78, 5) is 11.3. The van der Waals surface area contributed by atoms with E-state index in [0.717, 1.165) is 40.6 Å². The molecule has 25 heavy (non-hydrogen) atoms. The number of rotatable bonds is 5. The summed E-state index contributed by atoms with van der Waals surface area (Å²) in [5, 5.41) is 0. The van der Waals surface area contributed by atoms with Crippen LogP contribution in [0, 0.1) is 18.8 Å². The van der Waals surface area contributed by atoms with E-state index in [1.54, 1.807) is 0 Å². The summed E-state index contributed by atoms with van der Waals surface area (Å²) in [5.41, 5.74) is 1.80. The number of halogens is 1. The molecular formula is C20H30BrN3O. The second-order valence-electron chi connectivity index (χ2n) is 7.49. The van der Waals surface area contributed by atoms with Crippen molar-refractivity contribution in [1.82, 2.24) is 9.88 Å². The van der Waals surface area contributed by atoms with Gasteiger partial charge >= 0.3 is 0 Å². The highest BCUT2D eigenvalue weighted by Gasteiger charge is 2.36. The fraction of sp³-hybridized carbons (Fsp3) is 0.700. The fourth-order valence-corrected chi connectivity index (χ4v) is 4.57. The first-order chi connectivity index (χ1) is 12.1. The average molecular weight is 408 g/mol. The molecule has 0 saturated heterocycles. The molecule has 2 saturated carbocycles. The highest BCUT2D eigenvalue weighted by atomic mass is 79.9. The summed E-state index contributed by atoms with van der Waals surface area (Å²) in [6.45, 7) is 5.04. The van der Waals surface area contributed by atoms with Crippen molar-refractivity contribution >= 4 is 28.0 Å². The average Bonchev–Trinajstić information content (AvgIpc) is 2.63. The molecule has 5 heteroatoms. The number of aryl methyl sites for hydroxylation is 1.